The van der Waals surface area contributed by atoms with Crippen molar-refractivity contribution in [2.75, 3.05) is 27.2 Å². The van der Waals surface area contributed by atoms with Gasteiger partial charge >= 0.3 is 0 Å². The number of carbonyl (C=O) groups excluding carboxylic acids is 1. The Morgan fingerprint density at radius 1 is 0.415 bits per heavy atom. The lowest BCUT2D eigenvalue weighted by atomic mass is 9.89. The maximum Gasteiger partial charge on any atom is 0.222 e. The minimum absolute atomic E-state index is 0.0805. The van der Waals surface area contributed by atoms with Gasteiger partial charge in [0.15, 0.2) is 0 Å². The van der Waals surface area contributed by atoms with Gasteiger partial charge in [-0.1, -0.05) is 303 Å². The van der Waals surface area contributed by atoms with Gasteiger partial charge in [-0.05, 0) is 77.4 Å². The Morgan fingerprint density at radius 3 is 1.05 bits per heavy atom. The lowest BCUT2D eigenvalue weighted by Crippen LogP contribution is -2.31. The smallest absolute Gasteiger partial charge is 0.222 e. The molecule has 0 aliphatic carbocycles. The van der Waals surface area contributed by atoms with Crippen molar-refractivity contribution in [1.82, 2.24) is 10.2 Å². The van der Waals surface area contributed by atoms with Gasteiger partial charge in [-0.2, -0.15) is 0 Å². The van der Waals surface area contributed by atoms with Crippen molar-refractivity contribution in [3.63, 3.8) is 0 Å². The molecule has 3 unspecified atom stereocenters. The topological polar surface area (TPSA) is 32.3 Å². The minimum Gasteiger partial charge on any atom is -0.356 e. The number of unbranched alkanes of at least 4 members (excludes halogenated alkanes) is 36. The third-order valence-electron chi connectivity index (χ3n) is 14.9. The molecule has 0 radical (unpaired) electrons. The van der Waals surface area contributed by atoms with Crippen LogP contribution in [0.15, 0.2) is 11.6 Å². The molecule has 0 aliphatic rings. The zero-order chi connectivity index (χ0) is 47.5. The second-order valence-electron chi connectivity index (χ2n) is 22.2. The number of carbonyl (C=O) groups is 1. The molecule has 0 heterocycles. The molecule has 0 bridgehead atoms. The summed E-state index contributed by atoms with van der Waals surface area (Å²) < 4.78 is 0. The van der Waals surface area contributed by atoms with Crippen molar-refractivity contribution < 1.29 is 4.79 Å². The summed E-state index contributed by atoms with van der Waals surface area (Å²) in [5.41, 5.74) is 1.69. The van der Waals surface area contributed by atoms with Crippen LogP contribution in [0.4, 0.5) is 0 Å². The van der Waals surface area contributed by atoms with Crippen molar-refractivity contribution in [1.29, 1.82) is 0 Å². The van der Waals surface area contributed by atoms with E-state index < -0.39 is 0 Å². The van der Waals surface area contributed by atoms with Crippen LogP contribution in [0.5, 0.6) is 0 Å². The molecular weight excluding hydrogens is 789 g/mol. The molecule has 0 aromatic carbocycles. The van der Waals surface area contributed by atoms with E-state index in [9.17, 15) is 4.79 Å². The number of rotatable bonds is 54. The molecule has 3 atom stereocenters. The van der Waals surface area contributed by atoms with E-state index >= 15 is 0 Å². The molecule has 0 rings (SSSR count). The Morgan fingerprint density at radius 2 is 0.723 bits per heavy atom. The van der Waals surface area contributed by atoms with E-state index in [1.165, 1.54) is 283 Å². The van der Waals surface area contributed by atoms with Crippen LogP contribution < -0.4 is 5.32 Å². The minimum atomic E-state index is 0.0805. The van der Waals surface area contributed by atoms with Crippen molar-refractivity contribution in [2.24, 2.45) is 17.8 Å². The highest BCUT2D eigenvalue weighted by Gasteiger charge is 2.16. The molecule has 3 nitrogen and oxygen atoms in total. The summed E-state index contributed by atoms with van der Waals surface area (Å²) in [5, 5.41) is 3.23. The highest BCUT2D eigenvalue weighted by Crippen LogP contribution is 2.27. The molecule has 0 aliphatic heterocycles. The lowest BCUT2D eigenvalue weighted by molar-refractivity contribution is -0.124. The summed E-state index contributed by atoms with van der Waals surface area (Å²) in [7, 11) is 4.25. The Hall–Kier alpha value is -0.830. The zero-order valence-corrected chi connectivity index (χ0v) is 46.3. The van der Waals surface area contributed by atoms with Gasteiger partial charge in [-0.3, -0.25) is 4.79 Å². The Balaban J connectivity index is 4.72. The van der Waals surface area contributed by atoms with Crippen LogP contribution in [0.2, 0.25) is 0 Å². The van der Waals surface area contributed by atoms with Crippen LogP contribution >= 0.6 is 0 Å². The third kappa shape index (κ3) is 49.4. The van der Waals surface area contributed by atoms with Crippen LogP contribution in [-0.2, 0) is 4.79 Å². The van der Waals surface area contributed by atoms with E-state index in [0.29, 0.717) is 5.92 Å². The molecule has 0 spiro atoms. The maximum atomic E-state index is 12.9. The Kier molecular flexibility index (Phi) is 51.9. The van der Waals surface area contributed by atoms with Gasteiger partial charge < -0.3 is 10.2 Å². The summed E-state index contributed by atoms with van der Waals surface area (Å²) in [6, 6.07) is 0. The number of allylic oxidation sites excluding steroid dienone is 2. The van der Waals surface area contributed by atoms with Crippen LogP contribution in [0.1, 0.15) is 336 Å². The molecule has 1 amide bonds. The molecule has 3 heteroatoms. The fourth-order valence-electron chi connectivity index (χ4n) is 10.5. The van der Waals surface area contributed by atoms with Crippen LogP contribution in [0.3, 0.4) is 0 Å². The maximum absolute atomic E-state index is 12.9. The fourth-order valence-corrected chi connectivity index (χ4v) is 10.5. The zero-order valence-electron chi connectivity index (χ0n) is 46.3. The van der Waals surface area contributed by atoms with E-state index in [1.54, 1.807) is 5.57 Å². The molecule has 0 saturated carbocycles. The average molecular weight is 914 g/mol. The van der Waals surface area contributed by atoms with E-state index in [1.807, 2.05) is 0 Å². The monoisotopic (exact) mass is 913 g/mol. The molecule has 0 aromatic rings. The summed E-state index contributed by atoms with van der Waals surface area (Å²) in [6.07, 6.45) is 68.8. The lowest BCUT2D eigenvalue weighted by Gasteiger charge is -2.17. The Bertz CT molecular complexity index is 958. The summed E-state index contributed by atoms with van der Waals surface area (Å²) in [5.74, 6) is 1.78. The molecule has 0 fully saturated rings. The van der Waals surface area contributed by atoms with Crippen LogP contribution in [-0.4, -0.2) is 38.0 Å². The predicted molar refractivity (Wildman–Crippen MR) is 295 cm³/mol. The number of nitrogens with zero attached hydrogens (tertiary/aromatic N) is 1. The van der Waals surface area contributed by atoms with Crippen LogP contribution in [0, 0.1) is 17.8 Å². The van der Waals surface area contributed by atoms with E-state index in [2.05, 4.69) is 65.0 Å². The number of hydrogen-bond donors (Lipinski definition) is 1. The second-order valence-corrected chi connectivity index (χ2v) is 22.2. The van der Waals surface area contributed by atoms with Crippen molar-refractivity contribution in [2.45, 2.75) is 336 Å². The van der Waals surface area contributed by atoms with Gasteiger partial charge in [-0.25, -0.2) is 0 Å². The number of hydrogen-bond acceptors (Lipinski definition) is 2. The highest BCUT2D eigenvalue weighted by atomic mass is 16.1. The van der Waals surface area contributed by atoms with Gasteiger partial charge in [0, 0.05) is 12.5 Å². The molecular formula is C62H124N2O. The molecule has 0 aromatic heterocycles. The van der Waals surface area contributed by atoms with Gasteiger partial charge in [0.25, 0.3) is 0 Å². The first-order valence-corrected chi connectivity index (χ1v) is 30.5. The quantitative estimate of drug-likeness (QED) is 0.0487. The largest absolute Gasteiger partial charge is 0.356 e. The second kappa shape index (κ2) is 52.5. The summed E-state index contributed by atoms with van der Waals surface area (Å²) >= 11 is 0. The van der Waals surface area contributed by atoms with E-state index in [0.717, 1.165) is 38.3 Å². The first-order valence-electron chi connectivity index (χ1n) is 30.5. The molecule has 0 saturated heterocycles. The summed E-state index contributed by atoms with van der Waals surface area (Å²) in [4.78, 5) is 15.2. The average Bonchev–Trinajstić information content (AvgIpc) is 3.29. The summed E-state index contributed by atoms with van der Waals surface area (Å²) in [6.45, 7) is 13.4. The first kappa shape index (κ1) is 64.2. The molecule has 1 N–H and O–H groups in total. The number of nitrogens with one attached hydrogen (secondary N) is 1. The number of amides is 1. The van der Waals surface area contributed by atoms with Gasteiger partial charge in [0.2, 0.25) is 5.91 Å². The molecule has 388 valence electrons. The van der Waals surface area contributed by atoms with Gasteiger partial charge in [0.05, 0.1) is 0 Å². The Labute approximate surface area is 412 Å². The highest BCUT2D eigenvalue weighted by molar-refractivity contribution is 5.78. The van der Waals surface area contributed by atoms with Crippen molar-refractivity contribution in [3.8, 4) is 0 Å². The van der Waals surface area contributed by atoms with Gasteiger partial charge in [0.1, 0.15) is 0 Å². The standard InChI is InChI=1S/C62H124N2O/c1-8-11-14-17-20-23-24-25-26-27-28-29-31-34-40-45-52-61(57-58(4)56-59(5)62(65)63-54-47-48-55-64(6)7)53-46-41-36-35-39-44-51-60(49-42-37-32-22-19-16-13-10-3)50-43-38-33-30-21-18-15-12-9-2/h57-60H,8-56H2,1-7H3,(H,63,65)/b61-57+. The van der Waals surface area contributed by atoms with Crippen molar-refractivity contribution in [3.05, 3.63) is 11.6 Å². The first-order chi connectivity index (χ1) is 31.8. The predicted octanol–water partition coefficient (Wildman–Crippen LogP) is 20.9. The normalized spacial score (nSPS) is 13.5. The fraction of sp³-hybridized carbons (Fsp3) is 0.952. The van der Waals surface area contributed by atoms with Crippen molar-refractivity contribution >= 4 is 5.91 Å². The third-order valence-corrected chi connectivity index (χ3v) is 14.9. The van der Waals surface area contributed by atoms with Gasteiger partial charge in [-0.15, -0.1) is 0 Å². The van der Waals surface area contributed by atoms with Crippen LogP contribution in [0.25, 0.3) is 0 Å². The molecule has 65 heavy (non-hydrogen) atoms. The SMILES string of the molecule is CCCCCCCCCCCCCCCCCC/C(=C\C(C)CC(C)C(=O)NCCCCN(C)C)CCCCCCCCC(CCCCCCCCCC)CCCCCCCCCCC. The van der Waals surface area contributed by atoms with E-state index in [4.69, 9.17) is 0 Å². The van der Waals surface area contributed by atoms with E-state index in [-0.39, 0.29) is 11.8 Å².